The van der Waals surface area contributed by atoms with Gasteiger partial charge < -0.3 is 0 Å². The average molecular weight is 206 g/mol. The van der Waals surface area contributed by atoms with E-state index in [0.717, 1.165) is 4.90 Å². The molecular formula is C9H6N2O2S. The van der Waals surface area contributed by atoms with Gasteiger partial charge in [-0.2, -0.15) is 9.98 Å². The molecule has 0 fully saturated rings. The Kier molecular flexibility index (Phi) is 3.83. The number of hydrogen-bond donors (Lipinski definition) is 0. The van der Waals surface area contributed by atoms with Crippen molar-refractivity contribution in [2.75, 3.05) is 6.26 Å². The molecule has 0 aromatic heterocycles. The standard InChI is InChI=1S/C9H6N2O2S/c1-14-9-4-7(10-5-12)2-3-8(9)11-6-13/h2-4H,1H3. The molecule has 14 heavy (non-hydrogen) atoms. The quantitative estimate of drug-likeness (QED) is 0.433. The van der Waals surface area contributed by atoms with E-state index in [0.29, 0.717) is 11.4 Å². The van der Waals surface area contributed by atoms with E-state index in [1.807, 2.05) is 6.26 Å². The van der Waals surface area contributed by atoms with Crippen LogP contribution in [0.25, 0.3) is 0 Å². The van der Waals surface area contributed by atoms with Crippen LogP contribution in [0.2, 0.25) is 0 Å². The SMILES string of the molecule is CSc1cc(N=C=O)ccc1N=C=O. The fourth-order valence-electron chi connectivity index (χ4n) is 0.930. The molecule has 0 atom stereocenters. The van der Waals surface area contributed by atoms with Gasteiger partial charge in [-0.05, 0) is 24.5 Å². The zero-order valence-corrected chi connectivity index (χ0v) is 8.17. The first-order valence-electron chi connectivity index (χ1n) is 3.65. The van der Waals surface area contributed by atoms with Crippen LogP contribution in [0.1, 0.15) is 0 Å². The largest absolute Gasteiger partial charge is 0.240 e. The summed E-state index contributed by atoms with van der Waals surface area (Å²) in [5, 5.41) is 0. The van der Waals surface area contributed by atoms with Crippen molar-refractivity contribution in [3.05, 3.63) is 18.2 Å². The number of isocyanates is 2. The number of carbonyl (C=O) groups excluding carboxylic acids is 2. The van der Waals surface area contributed by atoms with Crippen LogP contribution in [0, 0.1) is 0 Å². The Balaban J connectivity index is 3.23. The number of nitrogens with zero attached hydrogens (tertiary/aromatic N) is 2. The summed E-state index contributed by atoms with van der Waals surface area (Å²) < 4.78 is 0. The van der Waals surface area contributed by atoms with E-state index in [9.17, 15) is 9.59 Å². The Morgan fingerprint density at radius 2 is 1.93 bits per heavy atom. The van der Waals surface area contributed by atoms with Crippen LogP contribution in [0.5, 0.6) is 0 Å². The Labute approximate surface area is 84.8 Å². The van der Waals surface area contributed by atoms with Gasteiger partial charge in [-0.15, -0.1) is 11.8 Å². The lowest BCUT2D eigenvalue weighted by Crippen LogP contribution is -1.73. The van der Waals surface area contributed by atoms with E-state index in [2.05, 4.69) is 9.98 Å². The van der Waals surface area contributed by atoms with Gasteiger partial charge in [-0.3, -0.25) is 0 Å². The molecule has 0 aliphatic carbocycles. The van der Waals surface area contributed by atoms with Gasteiger partial charge in [0.05, 0.1) is 11.4 Å². The van der Waals surface area contributed by atoms with Crippen molar-refractivity contribution in [1.29, 1.82) is 0 Å². The minimum atomic E-state index is 0.495. The van der Waals surface area contributed by atoms with Crippen molar-refractivity contribution >= 4 is 35.3 Å². The zero-order valence-electron chi connectivity index (χ0n) is 7.35. The lowest BCUT2D eigenvalue weighted by Gasteiger charge is -2.00. The predicted octanol–water partition coefficient (Wildman–Crippen LogP) is 2.34. The molecule has 70 valence electrons. The fourth-order valence-corrected chi connectivity index (χ4v) is 1.49. The summed E-state index contributed by atoms with van der Waals surface area (Å²) in [6.07, 6.45) is 4.75. The van der Waals surface area contributed by atoms with E-state index in [4.69, 9.17) is 0 Å². The van der Waals surface area contributed by atoms with E-state index in [1.165, 1.54) is 23.9 Å². The smallest absolute Gasteiger partial charge is 0.211 e. The summed E-state index contributed by atoms with van der Waals surface area (Å²) >= 11 is 1.41. The molecule has 0 radical (unpaired) electrons. The van der Waals surface area contributed by atoms with Crippen LogP contribution >= 0.6 is 11.8 Å². The second-order valence-electron chi connectivity index (χ2n) is 2.26. The highest BCUT2D eigenvalue weighted by Crippen LogP contribution is 2.31. The van der Waals surface area contributed by atoms with Crippen molar-refractivity contribution in [2.24, 2.45) is 9.98 Å². The van der Waals surface area contributed by atoms with Crippen molar-refractivity contribution in [3.63, 3.8) is 0 Å². The first-order valence-corrected chi connectivity index (χ1v) is 4.88. The van der Waals surface area contributed by atoms with Crippen LogP contribution in [-0.2, 0) is 9.59 Å². The van der Waals surface area contributed by atoms with Gasteiger partial charge in [0.25, 0.3) is 0 Å². The first kappa shape index (κ1) is 10.4. The molecule has 0 spiro atoms. The van der Waals surface area contributed by atoms with Gasteiger partial charge in [0.2, 0.25) is 12.2 Å². The summed E-state index contributed by atoms with van der Waals surface area (Å²) in [7, 11) is 0. The highest BCUT2D eigenvalue weighted by atomic mass is 32.2. The molecule has 0 aliphatic heterocycles. The van der Waals surface area contributed by atoms with Crippen molar-refractivity contribution in [2.45, 2.75) is 4.90 Å². The molecule has 0 unspecified atom stereocenters. The monoisotopic (exact) mass is 206 g/mol. The van der Waals surface area contributed by atoms with Crippen LogP contribution in [0.15, 0.2) is 33.1 Å². The Morgan fingerprint density at radius 3 is 2.50 bits per heavy atom. The molecule has 0 bridgehead atoms. The zero-order chi connectivity index (χ0) is 10.4. The maximum Gasteiger partial charge on any atom is 0.240 e. The molecule has 1 rings (SSSR count). The van der Waals surface area contributed by atoms with Crippen LogP contribution in [0.3, 0.4) is 0 Å². The molecule has 0 aliphatic rings. The molecule has 0 heterocycles. The van der Waals surface area contributed by atoms with Gasteiger partial charge in [-0.1, -0.05) is 0 Å². The maximum atomic E-state index is 10.1. The molecule has 1 aromatic rings. The molecule has 0 saturated heterocycles. The number of hydrogen-bond acceptors (Lipinski definition) is 5. The van der Waals surface area contributed by atoms with E-state index >= 15 is 0 Å². The maximum absolute atomic E-state index is 10.1. The van der Waals surface area contributed by atoms with Gasteiger partial charge in [-0.25, -0.2) is 9.59 Å². The highest BCUT2D eigenvalue weighted by Gasteiger charge is 2.01. The molecule has 0 saturated carbocycles. The van der Waals surface area contributed by atoms with Crippen molar-refractivity contribution in [1.82, 2.24) is 0 Å². The third-order valence-corrected chi connectivity index (χ3v) is 2.27. The normalized spacial score (nSPS) is 8.64. The summed E-state index contributed by atoms with van der Waals surface area (Å²) in [6.45, 7) is 0. The average Bonchev–Trinajstić information content (AvgIpc) is 2.21. The first-order chi connectivity index (χ1) is 6.81. The van der Waals surface area contributed by atoms with Crippen molar-refractivity contribution < 1.29 is 9.59 Å². The van der Waals surface area contributed by atoms with Crippen LogP contribution < -0.4 is 0 Å². The molecule has 0 amide bonds. The predicted molar refractivity (Wildman–Crippen MR) is 53.8 cm³/mol. The third-order valence-electron chi connectivity index (χ3n) is 1.50. The summed E-state index contributed by atoms with van der Waals surface area (Å²) in [4.78, 5) is 27.8. The lowest BCUT2D eigenvalue weighted by atomic mass is 10.3. The highest BCUT2D eigenvalue weighted by molar-refractivity contribution is 7.98. The second kappa shape index (κ2) is 5.14. The lowest BCUT2D eigenvalue weighted by molar-refractivity contribution is 0.564. The minimum absolute atomic E-state index is 0.495. The molecule has 4 nitrogen and oxygen atoms in total. The topological polar surface area (TPSA) is 58.9 Å². The van der Waals surface area contributed by atoms with Gasteiger partial charge in [0.1, 0.15) is 0 Å². The van der Waals surface area contributed by atoms with Gasteiger partial charge >= 0.3 is 0 Å². The van der Waals surface area contributed by atoms with E-state index in [1.54, 1.807) is 18.2 Å². The second-order valence-corrected chi connectivity index (χ2v) is 3.11. The van der Waals surface area contributed by atoms with E-state index in [-0.39, 0.29) is 0 Å². The molecule has 5 heteroatoms. The Morgan fingerprint density at radius 1 is 1.21 bits per heavy atom. The van der Waals surface area contributed by atoms with Crippen molar-refractivity contribution in [3.8, 4) is 0 Å². The fraction of sp³-hybridized carbons (Fsp3) is 0.111. The summed E-state index contributed by atoms with van der Waals surface area (Å²) in [5.74, 6) is 0. The minimum Gasteiger partial charge on any atom is -0.211 e. The van der Waals surface area contributed by atoms with Gasteiger partial charge in [0.15, 0.2) is 0 Å². The molecular weight excluding hydrogens is 200 g/mol. The van der Waals surface area contributed by atoms with E-state index < -0.39 is 0 Å². The number of thioether (sulfide) groups is 1. The number of rotatable bonds is 3. The summed E-state index contributed by atoms with van der Waals surface area (Å²) in [5.41, 5.74) is 1.02. The molecule has 1 aromatic carbocycles. The Hall–Kier alpha value is -1.67. The number of aliphatic imine (C=N–C) groups is 2. The Bertz CT molecular complexity index is 432. The van der Waals surface area contributed by atoms with Crippen LogP contribution in [-0.4, -0.2) is 18.4 Å². The number of benzene rings is 1. The molecule has 0 N–H and O–H groups in total. The summed E-state index contributed by atoms with van der Waals surface area (Å²) in [6, 6.07) is 4.85. The third kappa shape index (κ3) is 2.41. The van der Waals surface area contributed by atoms with Gasteiger partial charge in [0, 0.05) is 4.90 Å². The van der Waals surface area contributed by atoms with Crippen LogP contribution in [0.4, 0.5) is 11.4 Å².